The van der Waals surface area contributed by atoms with Crippen LogP contribution < -0.4 is 0 Å². The van der Waals surface area contributed by atoms with Crippen molar-refractivity contribution >= 4 is 6.29 Å². The zero-order chi connectivity index (χ0) is 11.8. The molecular weight excluding hydrogens is 196 g/mol. The Hall–Kier alpha value is -0.590. The topological polar surface area (TPSA) is 17.1 Å². The van der Waals surface area contributed by atoms with E-state index in [1.54, 1.807) is 0 Å². The minimum Gasteiger partial charge on any atom is -0.303 e. The van der Waals surface area contributed by atoms with Crippen LogP contribution in [0.1, 0.15) is 52.4 Å². The third kappa shape index (κ3) is 1.65. The van der Waals surface area contributed by atoms with Gasteiger partial charge in [0.1, 0.15) is 6.29 Å². The molecule has 3 unspecified atom stereocenters. The Labute approximate surface area is 99.3 Å². The number of fused-ring (bicyclic) bond motifs is 1. The van der Waals surface area contributed by atoms with Crippen molar-refractivity contribution in [1.82, 2.24) is 0 Å². The van der Waals surface area contributed by atoms with Gasteiger partial charge >= 0.3 is 0 Å². The molecule has 1 nitrogen and oxygen atoms in total. The van der Waals surface area contributed by atoms with Gasteiger partial charge < -0.3 is 4.79 Å². The van der Waals surface area contributed by atoms with Crippen molar-refractivity contribution in [3.8, 4) is 0 Å². The van der Waals surface area contributed by atoms with E-state index in [0.29, 0.717) is 22.7 Å². The van der Waals surface area contributed by atoms with E-state index < -0.39 is 0 Å². The highest BCUT2D eigenvalue weighted by Gasteiger charge is 2.55. The quantitative estimate of drug-likeness (QED) is 0.519. The summed E-state index contributed by atoms with van der Waals surface area (Å²) in [6.45, 7) is 8.62. The first kappa shape index (κ1) is 11.9. The van der Waals surface area contributed by atoms with E-state index in [1.807, 2.05) is 0 Å². The molecule has 90 valence electrons. The molecule has 1 heteroatoms. The molecule has 16 heavy (non-hydrogen) atoms. The summed E-state index contributed by atoms with van der Waals surface area (Å²) in [6.07, 6.45) is 10.6. The maximum Gasteiger partial charge on any atom is 0.123 e. The zero-order valence-electron chi connectivity index (χ0n) is 10.7. The van der Waals surface area contributed by atoms with Gasteiger partial charge in [0.15, 0.2) is 0 Å². The highest BCUT2D eigenvalue weighted by molar-refractivity contribution is 5.55. The first-order chi connectivity index (χ1) is 7.56. The molecule has 2 aliphatic rings. The monoisotopic (exact) mass is 220 g/mol. The minimum absolute atomic E-state index is 0.297. The van der Waals surface area contributed by atoms with Gasteiger partial charge in [-0.05, 0) is 48.9 Å². The summed E-state index contributed by atoms with van der Waals surface area (Å²) in [6, 6.07) is 0. The van der Waals surface area contributed by atoms with E-state index >= 15 is 0 Å². The average Bonchev–Trinajstić information content (AvgIpc) is 2.52. The fraction of sp³-hybridized carbons (Fsp3) is 0.800. The van der Waals surface area contributed by atoms with Gasteiger partial charge in [0.25, 0.3) is 0 Å². The van der Waals surface area contributed by atoms with Crippen molar-refractivity contribution in [3.05, 3.63) is 12.7 Å². The summed E-state index contributed by atoms with van der Waals surface area (Å²) in [7, 11) is 0. The minimum atomic E-state index is 0.297. The zero-order valence-corrected chi connectivity index (χ0v) is 10.7. The van der Waals surface area contributed by atoms with Crippen LogP contribution in [0, 0.1) is 22.7 Å². The van der Waals surface area contributed by atoms with Crippen molar-refractivity contribution < 1.29 is 4.79 Å². The summed E-state index contributed by atoms with van der Waals surface area (Å²) < 4.78 is 0. The summed E-state index contributed by atoms with van der Waals surface area (Å²) in [5.74, 6) is 0.885. The van der Waals surface area contributed by atoms with Crippen molar-refractivity contribution in [1.29, 1.82) is 0 Å². The molecule has 0 aromatic rings. The summed E-state index contributed by atoms with van der Waals surface area (Å²) in [5, 5.41) is 0. The number of allylic oxidation sites excluding steroid dienone is 1. The van der Waals surface area contributed by atoms with Crippen molar-refractivity contribution in [2.24, 2.45) is 22.7 Å². The van der Waals surface area contributed by atoms with Gasteiger partial charge in [-0.15, -0.1) is 6.58 Å². The van der Waals surface area contributed by atoms with E-state index in [0.717, 1.165) is 12.8 Å². The van der Waals surface area contributed by atoms with Crippen LogP contribution in [-0.2, 0) is 4.79 Å². The van der Waals surface area contributed by atoms with Crippen molar-refractivity contribution in [3.63, 3.8) is 0 Å². The van der Waals surface area contributed by atoms with E-state index in [1.165, 1.54) is 32.0 Å². The number of rotatable bonds is 3. The number of carbonyl (C=O) groups excluding carboxylic acids is 1. The molecule has 0 spiro atoms. The smallest absolute Gasteiger partial charge is 0.123 e. The third-order valence-corrected chi connectivity index (χ3v) is 5.13. The molecular formula is C15H24O. The first-order valence-corrected chi connectivity index (χ1v) is 6.62. The molecule has 0 radical (unpaired) electrons. The lowest BCUT2D eigenvalue weighted by molar-refractivity contribution is -0.118. The van der Waals surface area contributed by atoms with Gasteiger partial charge in [0, 0.05) is 5.92 Å². The molecule has 0 amide bonds. The summed E-state index contributed by atoms with van der Waals surface area (Å²) >= 11 is 0. The van der Waals surface area contributed by atoms with E-state index in [9.17, 15) is 4.79 Å². The maximum absolute atomic E-state index is 11.3. The third-order valence-electron chi connectivity index (χ3n) is 5.13. The Morgan fingerprint density at radius 3 is 2.69 bits per heavy atom. The molecule has 0 saturated heterocycles. The van der Waals surface area contributed by atoms with Gasteiger partial charge in [-0.2, -0.15) is 0 Å². The molecule has 3 atom stereocenters. The lowest BCUT2D eigenvalue weighted by atomic mass is 9.57. The van der Waals surface area contributed by atoms with Crippen LogP contribution in [0.3, 0.4) is 0 Å². The normalized spacial score (nSPS) is 41.4. The predicted molar refractivity (Wildman–Crippen MR) is 67.2 cm³/mol. The highest BCUT2D eigenvalue weighted by atomic mass is 16.1. The predicted octanol–water partition coefficient (Wildman–Crippen LogP) is 3.98. The highest BCUT2D eigenvalue weighted by Crippen LogP contribution is 2.63. The second-order valence-corrected chi connectivity index (χ2v) is 6.51. The van der Waals surface area contributed by atoms with Gasteiger partial charge in [-0.25, -0.2) is 0 Å². The molecule has 2 fully saturated rings. The SMILES string of the molecule is C=CCC12CCCC(C=O)C1C(C)(C)CC2. The fourth-order valence-electron chi connectivity index (χ4n) is 4.65. The van der Waals surface area contributed by atoms with E-state index in [4.69, 9.17) is 0 Å². The molecule has 0 aromatic heterocycles. The summed E-state index contributed by atoms with van der Waals surface area (Å²) in [4.78, 5) is 11.3. The van der Waals surface area contributed by atoms with Gasteiger partial charge in [0.05, 0.1) is 0 Å². The van der Waals surface area contributed by atoms with Gasteiger partial charge in [-0.1, -0.05) is 26.3 Å². The lowest BCUT2D eigenvalue weighted by Gasteiger charge is -2.47. The molecule has 0 aromatic carbocycles. The van der Waals surface area contributed by atoms with Crippen LogP contribution >= 0.6 is 0 Å². The average molecular weight is 220 g/mol. The second-order valence-electron chi connectivity index (χ2n) is 6.51. The largest absolute Gasteiger partial charge is 0.303 e. The molecule has 0 N–H and O–H groups in total. The van der Waals surface area contributed by atoms with Crippen LogP contribution in [0.25, 0.3) is 0 Å². The molecule has 2 aliphatic carbocycles. The molecule has 2 saturated carbocycles. The Kier molecular flexibility index (Phi) is 2.98. The molecule has 0 heterocycles. The van der Waals surface area contributed by atoms with Gasteiger partial charge in [0.2, 0.25) is 0 Å². The Balaban J connectivity index is 2.35. The number of hydrogen-bond acceptors (Lipinski definition) is 1. The van der Waals surface area contributed by atoms with Crippen molar-refractivity contribution in [2.75, 3.05) is 0 Å². The van der Waals surface area contributed by atoms with Crippen LogP contribution in [-0.4, -0.2) is 6.29 Å². The second kappa shape index (κ2) is 4.01. The molecule has 2 rings (SSSR count). The van der Waals surface area contributed by atoms with Gasteiger partial charge in [-0.3, -0.25) is 0 Å². The Bertz CT molecular complexity index is 292. The van der Waals surface area contributed by atoms with E-state index in [-0.39, 0.29) is 0 Å². The standard InChI is InChI=1S/C15H24O/c1-4-7-15-8-5-6-12(11-16)13(15)14(2,3)9-10-15/h4,11-13H,1,5-10H2,2-3H3. The Morgan fingerprint density at radius 1 is 1.31 bits per heavy atom. The van der Waals surface area contributed by atoms with E-state index in [2.05, 4.69) is 26.5 Å². The van der Waals surface area contributed by atoms with Crippen LogP contribution in [0.4, 0.5) is 0 Å². The number of aldehydes is 1. The first-order valence-electron chi connectivity index (χ1n) is 6.62. The van der Waals surface area contributed by atoms with Crippen LogP contribution in [0.15, 0.2) is 12.7 Å². The molecule has 0 aliphatic heterocycles. The summed E-state index contributed by atoms with van der Waals surface area (Å²) in [5.41, 5.74) is 0.740. The van der Waals surface area contributed by atoms with Crippen LogP contribution in [0.2, 0.25) is 0 Å². The maximum atomic E-state index is 11.3. The van der Waals surface area contributed by atoms with Crippen LogP contribution in [0.5, 0.6) is 0 Å². The fourth-order valence-corrected chi connectivity index (χ4v) is 4.65. The number of hydrogen-bond donors (Lipinski definition) is 0. The molecule has 0 bridgehead atoms. The van der Waals surface area contributed by atoms with Crippen molar-refractivity contribution in [2.45, 2.75) is 52.4 Å². The Morgan fingerprint density at radius 2 is 2.06 bits per heavy atom. The number of carbonyl (C=O) groups is 1. The lowest BCUT2D eigenvalue weighted by Crippen LogP contribution is -2.41.